The first-order chi connectivity index (χ1) is 7.70. The van der Waals surface area contributed by atoms with Crippen molar-refractivity contribution in [2.24, 2.45) is 5.73 Å². The summed E-state index contributed by atoms with van der Waals surface area (Å²) in [5, 5.41) is 0. The molecule has 3 heteroatoms. The summed E-state index contributed by atoms with van der Waals surface area (Å²) in [4.78, 5) is 2.38. The van der Waals surface area contributed by atoms with Gasteiger partial charge < -0.3 is 15.4 Å². The molecule has 0 radical (unpaired) electrons. The number of hydrogen-bond acceptors (Lipinski definition) is 3. The quantitative estimate of drug-likeness (QED) is 0.820. The van der Waals surface area contributed by atoms with Gasteiger partial charge in [-0.2, -0.15) is 0 Å². The maximum atomic E-state index is 5.66. The lowest BCUT2D eigenvalue weighted by Gasteiger charge is -2.35. The van der Waals surface area contributed by atoms with Gasteiger partial charge in [0.15, 0.2) is 0 Å². The van der Waals surface area contributed by atoms with Crippen LogP contribution >= 0.6 is 0 Å². The second-order valence-electron chi connectivity index (χ2n) is 4.46. The van der Waals surface area contributed by atoms with Crippen molar-refractivity contribution in [3.63, 3.8) is 0 Å². The fourth-order valence-corrected chi connectivity index (χ4v) is 2.14. The van der Waals surface area contributed by atoms with Crippen LogP contribution in [0.1, 0.15) is 11.1 Å². The zero-order chi connectivity index (χ0) is 11.5. The summed E-state index contributed by atoms with van der Waals surface area (Å²) in [6.07, 6.45) is 0.175. The molecule has 1 unspecified atom stereocenters. The SMILES string of the molecule is Cc1ccc(C)c(N2CCOC(CN)C2)c1. The van der Waals surface area contributed by atoms with Gasteiger partial charge in [-0.3, -0.25) is 0 Å². The number of rotatable bonds is 2. The Labute approximate surface area is 97.2 Å². The number of ether oxygens (including phenoxy) is 1. The van der Waals surface area contributed by atoms with E-state index in [2.05, 4.69) is 36.9 Å². The van der Waals surface area contributed by atoms with Gasteiger partial charge in [0.05, 0.1) is 12.7 Å². The molecule has 1 aliphatic heterocycles. The molecule has 2 N–H and O–H groups in total. The minimum atomic E-state index is 0.175. The average molecular weight is 220 g/mol. The van der Waals surface area contributed by atoms with Gasteiger partial charge >= 0.3 is 0 Å². The number of nitrogens with two attached hydrogens (primary N) is 1. The second-order valence-corrected chi connectivity index (χ2v) is 4.46. The first-order valence-corrected chi connectivity index (χ1v) is 5.84. The third kappa shape index (κ3) is 2.36. The summed E-state index contributed by atoms with van der Waals surface area (Å²) >= 11 is 0. The van der Waals surface area contributed by atoms with Crippen LogP contribution in [0.4, 0.5) is 5.69 Å². The van der Waals surface area contributed by atoms with Crippen LogP contribution in [-0.4, -0.2) is 32.3 Å². The van der Waals surface area contributed by atoms with Crippen molar-refractivity contribution in [3.8, 4) is 0 Å². The van der Waals surface area contributed by atoms with E-state index < -0.39 is 0 Å². The minimum absolute atomic E-state index is 0.175. The van der Waals surface area contributed by atoms with Gasteiger partial charge in [-0.05, 0) is 31.0 Å². The van der Waals surface area contributed by atoms with E-state index in [1.54, 1.807) is 0 Å². The molecule has 0 aliphatic carbocycles. The van der Waals surface area contributed by atoms with Crippen molar-refractivity contribution in [2.75, 3.05) is 31.1 Å². The van der Waals surface area contributed by atoms with E-state index in [-0.39, 0.29) is 6.10 Å². The highest BCUT2D eigenvalue weighted by Gasteiger charge is 2.20. The van der Waals surface area contributed by atoms with E-state index in [0.29, 0.717) is 6.54 Å². The molecule has 0 saturated carbocycles. The lowest BCUT2D eigenvalue weighted by Crippen LogP contribution is -2.45. The van der Waals surface area contributed by atoms with Gasteiger partial charge in [0.1, 0.15) is 0 Å². The molecule has 1 aliphatic rings. The summed E-state index contributed by atoms with van der Waals surface area (Å²) in [7, 11) is 0. The van der Waals surface area contributed by atoms with Crippen LogP contribution in [-0.2, 0) is 4.74 Å². The zero-order valence-corrected chi connectivity index (χ0v) is 10.1. The topological polar surface area (TPSA) is 38.5 Å². The highest BCUT2D eigenvalue weighted by Crippen LogP contribution is 2.23. The van der Waals surface area contributed by atoms with Gasteiger partial charge in [0.2, 0.25) is 0 Å². The van der Waals surface area contributed by atoms with Gasteiger partial charge in [0.25, 0.3) is 0 Å². The first-order valence-electron chi connectivity index (χ1n) is 5.84. The fourth-order valence-electron chi connectivity index (χ4n) is 2.14. The highest BCUT2D eigenvalue weighted by atomic mass is 16.5. The summed E-state index contributed by atoms with van der Waals surface area (Å²) in [5.74, 6) is 0. The summed E-state index contributed by atoms with van der Waals surface area (Å²) in [6, 6.07) is 6.57. The van der Waals surface area contributed by atoms with Crippen LogP contribution in [0.15, 0.2) is 18.2 Å². The molecule has 3 nitrogen and oxygen atoms in total. The Morgan fingerprint density at radius 2 is 2.25 bits per heavy atom. The van der Waals surface area contributed by atoms with Crippen molar-refractivity contribution >= 4 is 5.69 Å². The predicted molar refractivity (Wildman–Crippen MR) is 66.9 cm³/mol. The minimum Gasteiger partial charge on any atom is -0.373 e. The van der Waals surface area contributed by atoms with Crippen molar-refractivity contribution in [2.45, 2.75) is 20.0 Å². The number of nitrogens with zero attached hydrogens (tertiary/aromatic N) is 1. The van der Waals surface area contributed by atoms with Crippen LogP contribution in [0.25, 0.3) is 0 Å². The monoisotopic (exact) mass is 220 g/mol. The highest BCUT2D eigenvalue weighted by molar-refractivity contribution is 5.55. The standard InChI is InChI=1S/C13H20N2O/c1-10-3-4-11(2)13(7-10)15-5-6-16-12(8-14)9-15/h3-4,7,12H,5-6,8-9,14H2,1-2H3. The number of hydrogen-bond donors (Lipinski definition) is 1. The Hall–Kier alpha value is -1.06. The number of morpholine rings is 1. The summed E-state index contributed by atoms with van der Waals surface area (Å²) in [6.45, 7) is 7.52. The Balaban J connectivity index is 2.19. The molecular formula is C13H20N2O. The Morgan fingerprint density at radius 3 is 3.00 bits per heavy atom. The molecule has 1 atom stereocenters. The van der Waals surface area contributed by atoms with E-state index >= 15 is 0 Å². The van der Waals surface area contributed by atoms with E-state index in [0.717, 1.165) is 19.7 Å². The molecule has 0 bridgehead atoms. The van der Waals surface area contributed by atoms with Crippen molar-refractivity contribution in [1.29, 1.82) is 0 Å². The predicted octanol–water partition coefficient (Wildman–Crippen LogP) is 1.47. The molecule has 1 aromatic carbocycles. The van der Waals surface area contributed by atoms with Crippen molar-refractivity contribution in [1.82, 2.24) is 0 Å². The van der Waals surface area contributed by atoms with Crippen LogP contribution in [0.2, 0.25) is 0 Å². The van der Waals surface area contributed by atoms with E-state index in [4.69, 9.17) is 10.5 Å². The van der Waals surface area contributed by atoms with Crippen LogP contribution < -0.4 is 10.6 Å². The summed E-state index contributed by atoms with van der Waals surface area (Å²) in [5.41, 5.74) is 9.61. The van der Waals surface area contributed by atoms with Gasteiger partial charge in [-0.15, -0.1) is 0 Å². The summed E-state index contributed by atoms with van der Waals surface area (Å²) < 4.78 is 5.58. The van der Waals surface area contributed by atoms with Crippen molar-refractivity contribution in [3.05, 3.63) is 29.3 Å². The first kappa shape index (κ1) is 11.4. The third-order valence-corrected chi connectivity index (χ3v) is 3.11. The molecule has 1 fully saturated rings. The molecule has 1 saturated heterocycles. The molecule has 1 aromatic rings. The van der Waals surface area contributed by atoms with E-state index in [9.17, 15) is 0 Å². The molecule has 0 aromatic heterocycles. The normalized spacial score (nSPS) is 21.2. The van der Waals surface area contributed by atoms with Crippen LogP contribution in [0.3, 0.4) is 0 Å². The van der Waals surface area contributed by atoms with Gasteiger partial charge in [0, 0.05) is 25.3 Å². The molecule has 88 valence electrons. The van der Waals surface area contributed by atoms with Crippen LogP contribution in [0, 0.1) is 13.8 Å². The lowest BCUT2D eigenvalue weighted by atomic mass is 10.1. The molecule has 0 amide bonds. The molecule has 0 spiro atoms. The lowest BCUT2D eigenvalue weighted by molar-refractivity contribution is 0.0465. The Morgan fingerprint density at radius 1 is 1.44 bits per heavy atom. The maximum Gasteiger partial charge on any atom is 0.0872 e. The van der Waals surface area contributed by atoms with E-state index in [1.807, 2.05) is 0 Å². The molecule has 1 heterocycles. The molecule has 2 rings (SSSR count). The second kappa shape index (κ2) is 4.85. The van der Waals surface area contributed by atoms with Gasteiger partial charge in [-0.25, -0.2) is 0 Å². The molecular weight excluding hydrogens is 200 g/mol. The van der Waals surface area contributed by atoms with E-state index in [1.165, 1.54) is 16.8 Å². The Kier molecular flexibility index (Phi) is 3.46. The molecule has 16 heavy (non-hydrogen) atoms. The smallest absolute Gasteiger partial charge is 0.0872 e. The maximum absolute atomic E-state index is 5.66. The largest absolute Gasteiger partial charge is 0.373 e. The number of aryl methyl sites for hydroxylation is 2. The zero-order valence-electron chi connectivity index (χ0n) is 10.1. The van der Waals surface area contributed by atoms with Crippen LogP contribution in [0.5, 0.6) is 0 Å². The Bertz CT molecular complexity index is 365. The fraction of sp³-hybridized carbons (Fsp3) is 0.538. The van der Waals surface area contributed by atoms with Crippen molar-refractivity contribution < 1.29 is 4.74 Å². The average Bonchev–Trinajstić information content (AvgIpc) is 2.32. The van der Waals surface area contributed by atoms with Gasteiger partial charge in [-0.1, -0.05) is 12.1 Å². The number of benzene rings is 1. The number of anilines is 1. The third-order valence-electron chi connectivity index (χ3n) is 3.11.